The van der Waals surface area contributed by atoms with Gasteiger partial charge in [-0.3, -0.25) is 24.0 Å². The standard InChI is InChI=1S/C33H42FN5O6Si/c1-23-31(46(3,4)34)29(15-18-37-21-24(16-19-40)35-36-37)45-33(23)27-20-26(39(22-41)25-10-6-5-7-11-25)13-14-28(27)38(32(33)43)17-9-8-12-30(42)44-2/h5-7,10-11,13-14,20-23,29,31,40H,8-9,12,15-19H2,1-4H3/t23-,29+,31-,33+/m1/s1. The second kappa shape index (κ2) is 13.8. The van der Waals surface area contributed by atoms with Gasteiger partial charge in [0.2, 0.25) is 14.8 Å². The molecule has 0 radical (unpaired) electrons. The summed E-state index contributed by atoms with van der Waals surface area (Å²) in [4.78, 5) is 41.9. The number of carbonyl (C=O) groups excluding carboxylic acids is 3. The average Bonchev–Trinajstić information content (AvgIpc) is 3.68. The molecule has 2 aliphatic rings. The van der Waals surface area contributed by atoms with Gasteiger partial charge in [0.15, 0.2) is 5.60 Å². The van der Waals surface area contributed by atoms with E-state index in [1.165, 1.54) is 12.0 Å². The third-order valence-electron chi connectivity index (χ3n) is 9.20. The van der Waals surface area contributed by atoms with Gasteiger partial charge in [0, 0.05) is 67.1 Å². The topological polar surface area (TPSA) is 127 Å². The van der Waals surface area contributed by atoms with Crippen LogP contribution < -0.4 is 9.80 Å². The van der Waals surface area contributed by atoms with Crippen LogP contribution in [0.2, 0.25) is 18.6 Å². The molecule has 1 spiro atoms. The molecule has 2 aliphatic heterocycles. The molecular formula is C33H42FN5O6Si. The summed E-state index contributed by atoms with van der Waals surface area (Å²) in [5.74, 6) is -1.08. The highest BCUT2D eigenvalue weighted by Crippen LogP contribution is 2.60. The summed E-state index contributed by atoms with van der Waals surface area (Å²) in [5.41, 5.74) is 1.17. The highest BCUT2D eigenvalue weighted by molar-refractivity contribution is 6.72. The Morgan fingerprint density at radius 3 is 2.61 bits per heavy atom. The lowest BCUT2D eigenvalue weighted by Crippen LogP contribution is -2.45. The molecule has 1 aromatic heterocycles. The van der Waals surface area contributed by atoms with Gasteiger partial charge in [-0.25, -0.2) is 0 Å². The fourth-order valence-electron chi connectivity index (χ4n) is 7.11. The number of nitrogens with zero attached hydrogens (tertiary/aromatic N) is 5. The molecule has 1 saturated heterocycles. The van der Waals surface area contributed by atoms with Gasteiger partial charge >= 0.3 is 5.97 Å². The van der Waals surface area contributed by atoms with Crippen molar-refractivity contribution in [1.82, 2.24) is 15.0 Å². The van der Waals surface area contributed by atoms with E-state index >= 15 is 4.11 Å². The van der Waals surface area contributed by atoms with Crippen molar-refractivity contribution in [2.24, 2.45) is 5.92 Å². The molecule has 11 nitrogen and oxygen atoms in total. The highest BCUT2D eigenvalue weighted by Gasteiger charge is 2.66. The van der Waals surface area contributed by atoms with E-state index in [1.54, 1.807) is 34.9 Å². The van der Waals surface area contributed by atoms with Crippen LogP contribution in [0.1, 0.15) is 43.9 Å². The second-order valence-electron chi connectivity index (χ2n) is 12.5. The number of halogens is 1. The van der Waals surface area contributed by atoms with Crippen molar-refractivity contribution >= 4 is 43.8 Å². The molecule has 2 aromatic carbocycles. The molecule has 1 N–H and O–H groups in total. The fourth-order valence-corrected chi connectivity index (χ4v) is 9.66. The van der Waals surface area contributed by atoms with E-state index in [0.29, 0.717) is 67.1 Å². The van der Waals surface area contributed by atoms with Crippen LogP contribution in [0, 0.1) is 5.92 Å². The third kappa shape index (κ3) is 6.36. The maximum atomic E-state index is 16.3. The van der Waals surface area contributed by atoms with Crippen molar-refractivity contribution in [3.8, 4) is 0 Å². The summed E-state index contributed by atoms with van der Waals surface area (Å²) in [5, 5.41) is 17.5. The van der Waals surface area contributed by atoms with Crippen LogP contribution in [0.25, 0.3) is 0 Å². The molecule has 4 atom stereocenters. The number of aryl methyl sites for hydroxylation is 1. The predicted octanol–water partition coefficient (Wildman–Crippen LogP) is 4.66. The summed E-state index contributed by atoms with van der Waals surface area (Å²) in [6.45, 7) is 5.92. The Kier molecular flexibility index (Phi) is 10.0. The number of hydrogen-bond acceptors (Lipinski definition) is 8. The number of aliphatic hydroxyl groups excluding tert-OH is 1. The van der Waals surface area contributed by atoms with E-state index in [2.05, 4.69) is 10.3 Å². The Morgan fingerprint density at radius 1 is 1.17 bits per heavy atom. The first kappa shape index (κ1) is 33.4. The van der Waals surface area contributed by atoms with E-state index in [9.17, 15) is 19.5 Å². The molecule has 0 unspecified atom stereocenters. The largest absolute Gasteiger partial charge is 0.469 e. The molecule has 5 rings (SSSR count). The number of methoxy groups -OCH3 is 1. The van der Waals surface area contributed by atoms with E-state index in [1.807, 2.05) is 49.4 Å². The summed E-state index contributed by atoms with van der Waals surface area (Å²) < 4.78 is 29.6. The number of para-hydroxylation sites is 1. The van der Waals surface area contributed by atoms with Crippen LogP contribution in [-0.4, -0.2) is 73.2 Å². The second-order valence-corrected chi connectivity index (χ2v) is 16.3. The van der Waals surface area contributed by atoms with Crippen molar-refractivity contribution < 1.29 is 33.1 Å². The predicted molar refractivity (Wildman–Crippen MR) is 173 cm³/mol. The number of rotatable bonds is 14. The highest BCUT2D eigenvalue weighted by atomic mass is 28.4. The number of aliphatic hydroxyl groups is 1. The number of hydrogen-bond donors (Lipinski definition) is 1. The fraction of sp³-hybridized carbons (Fsp3) is 0.485. The van der Waals surface area contributed by atoms with Crippen LogP contribution in [0.3, 0.4) is 0 Å². The van der Waals surface area contributed by atoms with Gasteiger partial charge in [-0.15, -0.1) is 5.10 Å². The van der Waals surface area contributed by atoms with Crippen molar-refractivity contribution in [3.05, 3.63) is 66.0 Å². The summed E-state index contributed by atoms with van der Waals surface area (Å²) in [6.07, 6.45) is 4.03. The number of anilines is 3. The van der Waals surface area contributed by atoms with Crippen LogP contribution in [0.5, 0.6) is 0 Å². The SMILES string of the molecule is COC(=O)CCCCN1C(=O)[C@@]2(O[C@@H](CCn3cc(CCO)nn3)[C@H]([Si](C)(C)F)[C@H]2C)c2cc(N(C=O)c3ccccc3)ccc21. The molecule has 3 heterocycles. The number of fused-ring (bicyclic) bond motifs is 2. The number of unbranched alkanes of at least 4 members (excludes halogenated alkanes) is 1. The minimum Gasteiger partial charge on any atom is -0.469 e. The molecule has 13 heteroatoms. The van der Waals surface area contributed by atoms with Crippen LogP contribution in [0.15, 0.2) is 54.7 Å². The first-order valence-electron chi connectivity index (χ1n) is 15.7. The Balaban J connectivity index is 1.53. The third-order valence-corrected chi connectivity index (χ3v) is 11.7. The zero-order valence-electron chi connectivity index (χ0n) is 26.8. The Bertz CT molecular complexity index is 1550. The van der Waals surface area contributed by atoms with E-state index in [4.69, 9.17) is 9.47 Å². The van der Waals surface area contributed by atoms with Gasteiger partial charge in [-0.2, -0.15) is 0 Å². The van der Waals surface area contributed by atoms with Gasteiger partial charge in [-0.05, 0) is 62.7 Å². The van der Waals surface area contributed by atoms with Crippen molar-refractivity contribution in [2.75, 3.05) is 30.1 Å². The maximum Gasteiger partial charge on any atom is 0.305 e. The number of carbonyl (C=O) groups is 3. The summed E-state index contributed by atoms with van der Waals surface area (Å²) >= 11 is 0. The molecule has 1 fully saturated rings. The molecule has 246 valence electrons. The minimum absolute atomic E-state index is 0.0390. The molecule has 46 heavy (non-hydrogen) atoms. The van der Waals surface area contributed by atoms with E-state index in [-0.39, 0.29) is 24.9 Å². The average molecular weight is 652 g/mol. The lowest BCUT2D eigenvalue weighted by Gasteiger charge is -2.31. The van der Waals surface area contributed by atoms with Gasteiger partial charge in [0.25, 0.3) is 5.91 Å². The smallest absolute Gasteiger partial charge is 0.305 e. The number of amides is 2. The van der Waals surface area contributed by atoms with Crippen molar-refractivity contribution in [2.45, 2.75) is 75.9 Å². The molecule has 0 aliphatic carbocycles. The van der Waals surface area contributed by atoms with Gasteiger partial charge in [0.05, 0.1) is 24.6 Å². The zero-order valence-corrected chi connectivity index (χ0v) is 27.8. The number of aromatic nitrogens is 3. The molecular weight excluding hydrogens is 609 g/mol. The minimum atomic E-state index is -3.40. The van der Waals surface area contributed by atoms with Crippen LogP contribution in [0.4, 0.5) is 21.2 Å². The van der Waals surface area contributed by atoms with Crippen LogP contribution in [-0.2, 0) is 42.4 Å². The summed E-state index contributed by atoms with van der Waals surface area (Å²) in [7, 11) is -2.05. The Hall–Kier alpha value is -3.94. The normalized spacial score (nSPS) is 22.3. The lowest BCUT2D eigenvalue weighted by molar-refractivity contribution is -0.146. The van der Waals surface area contributed by atoms with Crippen molar-refractivity contribution in [1.29, 1.82) is 0 Å². The van der Waals surface area contributed by atoms with Crippen molar-refractivity contribution in [3.63, 3.8) is 0 Å². The van der Waals surface area contributed by atoms with E-state index in [0.717, 1.165) is 6.41 Å². The van der Waals surface area contributed by atoms with Crippen LogP contribution >= 0.6 is 0 Å². The molecule has 0 bridgehead atoms. The number of esters is 1. The quantitative estimate of drug-likeness (QED) is 0.0877. The van der Waals surface area contributed by atoms with Gasteiger partial charge in [0.1, 0.15) is 0 Å². The molecule has 3 aromatic rings. The number of ether oxygens (including phenoxy) is 2. The first-order chi connectivity index (χ1) is 22.0. The Labute approximate surface area is 269 Å². The molecule has 2 amide bonds. The van der Waals surface area contributed by atoms with E-state index < -0.39 is 31.6 Å². The number of benzene rings is 2. The monoisotopic (exact) mass is 651 g/mol. The Morgan fingerprint density at radius 2 is 1.93 bits per heavy atom. The zero-order chi connectivity index (χ0) is 33.1. The van der Waals surface area contributed by atoms with Gasteiger partial charge in [-0.1, -0.05) is 30.3 Å². The first-order valence-corrected chi connectivity index (χ1v) is 18.7. The van der Waals surface area contributed by atoms with Gasteiger partial charge < -0.3 is 23.6 Å². The summed E-state index contributed by atoms with van der Waals surface area (Å²) in [6, 6.07) is 14.6. The maximum absolute atomic E-state index is 16.3. The molecule has 0 saturated carbocycles. The lowest BCUT2D eigenvalue weighted by atomic mass is 9.82.